The molecule has 2 aliphatic heterocycles. The minimum absolute atomic E-state index is 0.670. The van der Waals surface area contributed by atoms with Gasteiger partial charge in [-0.05, 0) is 75.2 Å². The van der Waals surface area contributed by atoms with Gasteiger partial charge in [0.2, 0.25) is 0 Å². The largest absolute Gasteiger partial charge is 0.300 e. The van der Waals surface area contributed by atoms with Crippen molar-refractivity contribution >= 4 is 27.3 Å². The molecular formula is C21H27N3S. The van der Waals surface area contributed by atoms with Crippen molar-refractivity contribution in [3.63, 3.8) is 0 Å². The molecule has 25 heavy (non-hydrogen) atoms. The predicted molar refractivity (Wildman–Crippen MR) is 106 cm³/mol. The van der Waals surface area contributed by atoms with E-state index in [0.717, 1.165) is 24.9 Å². The van der Waals surface area contributed by atoms with E-state index in [9.17, 15) is 0 Å². The van der Waals surface area contributed by atoms with Gasteiger partial charge in [0.15, 0.2) is 0 Å². The molecule has 3 heterocycles. The molecule has 4 heteroatoms. The minimum Gasteiger partial charge on any atom is -0.300 e. The summed E-state index contributed by atoms with van der Waals surface area (Å²) in [5.41, 5.74) is 3.76. The number of fused-ring (bicyclic) bond motifs is 1. The molecule has 5 rings (SSSR count). The Labute approximate surface area is 154 Å². The van der Waals surface area contributed by atoms with Crippen LogP contribution in [0, 0.1) is 5.92 Å². The lowest BCUT2D eigenvalue weighted by Gasteiger charge is -2.30. The van der Waals surface area contributed by atoms with Crippen LogP contribution >= 0.6 is 11.3 Å². The smallest absolute Gasteiger partial charge is 0.0970 e. The molecule has 1 atom stereocenters. The number of piperidine rings is 1. The fourth-order valence-electron chi connectivity index (χ4n) is 4.31. The predicted octanol–water partition coefficient (Wildman–Crippen LogP) is 4.86. The van der Waals surface area contributed by atoms with Crippen molar-refractivity contribution in [1.29, 1.82) is 0 Å². The van der Waals surface area contributed by atoms with Crippen LogP contribution in [0.5, 0.6) is 0 Å². The van der Waals surface area contributed by atoms with Gasteiger partial charge in [-0.2, -0.15) is 0 Å². The van der Waals surface area contributed by atoms with E-state index in [1.807, 2.05) is 11.3 Å². The van der Waals surface area contributed by atoms with Crippen molar-refractivity contribution in [2.24, 2.45) is 10.9 Å². The molecule has 3 aliphatic rings. The number of likely N-dealkylation sites (tertiary alicyclic amines) is 1. The van der Waals surface area contributed by atoms with Gasteiger partial charge in [-0.25, -0.2) is 4.98 Å². The van der Waals surface area contributed by atoms with Crippen LogP contribution in [0.1, 0.15) is 61.9 Å². The summed E-state index contributed by atoms with van der Waals surface area (Å²) >= 11 is 1.92. The van der Waals surface area contributed by atoms with Crippen molar-refractivity contribution in [1.82, 2.24) is 9.88 Å². The number of aliphatic imine (C=N–C) groups is 1. The van der Waals surface area contributed by atoms with Crippen molar-refractivity contribution in [3.05, 3.63) is 28.8 Å². The topological polar surface area (TPSA) is 28.5 Å². The SMILES string of the molecule is C[C@H]1CCC(c2ccc3sc(C4CCN(C5CC5)CC4)nc3c2)=NC1. The molecule has 0 spiro atoms. The molecule has 0 amide bonds. The number of thiazole rings is 1. The molecule has 1 saturated carbocycles. The Morgan fingerprint density at radius 2 is 1.92 bits per heavy atom. The number of hydrogen-bond donors (Lipinski definition) is 0. The number of hydrogen-bond acceptors (Lipinski definition) is 4. The maximum atomic E-state index is 5.04. The summed E-state index contributed by atoms with van der Waals surface area (Å²) in [4.78, 5) is 12.5. The molecule has 0 radical (unpaired) electrons. The second-order valence-electron chi connectivity index (χ2n) is 8.21. The molecule has 1 aliphatic carbocycles. The van der Waals surface area contributed by atoms with Gasteiger partial charge in [-0.1, -0.05) is 13.0 Å². The van der Waals surface area contributed by atoms with Crippen molar-refractivity contribution in [2.75, 3.05) is 19.6 Å². The van der Waals surface area contributed by atoms with Crippen LogP contribution in [0.2, 0.25) is 0 Å². The van der Waals surface area contributed by atoms with E-state index in [1.165, 1.54) is 71.7 Å². The van der Waals surface area contributed by atoms with E-state index in [0.29, 0.717) is 5.92 Å². The quantitative estimate of drug-likeness (QED) is 0.788. The molecule has 2 fully saturated rings. The lowest BCUT2D eigenvalue weighted by Crippen LogP contribution is -2.34. The van der Waals surface area contributed by atoms with Crippen LogP contribution in [0.25, 0.3) is 10.2 Å². The first-order valence-corrected chi connectivity index (χ1v) is 10.8. The lowest BCUT2D eigenvalue weighted by atomic mass is 9.96. The normalized spacial score (nSPS) is 26.1. The zero-order valence-electron chi connectivity index (χ0n) is 15.1. The second kappa shape index (κ2) is 6.48. The maximum absolute atomic E-state index is 5.04. The number of rotatable bonds is 3. The Kier molecular flexibility index (Phi) is 4.13. The van der Waals surface area contributed by atoms with E-state index in [4.69, 9.17) is 9.98 Å². The summed E-state index contributed by atoms with van der Waals surface area (Å²) < 4.78 is 1.34. The van der Waals surface area contributed by atoms with Crippen LogP contribution in [-0.2, 0) is 0 Å². The summed E-state index contributed by atoms with van der Waals surface area (Å²) in [6, 6.07) is 7.72. The van der Waals surface area contributed by atoms with E-state index in [2.05, 4.69) is 30.0 Å². The van der Waals surface area contributed by atoms with Crippen molar-refractivity contribution in [2.45, 2.75) is 57.4 Å². The Bertz CT molecular complexity index is 797. The fraction of sp³-hybridized carbons (Fsp3) is 0.619. The van der Waals surface area contributed by atoms with Crippen LogP contribution in [0.4, 0.5) is 0 Å². The summed E-state index contributed by atoms with van der Waals surface area (Å²) in [5.74, 6) is 1.41. The standard InChI is InChI=1S/C21H27N3S/c1-14-2-6-18(22-13-14)16-3-7-20-19(12-16)23-21(25-20)15-8-10-24(11-9-15)17-4-5-17/h3,7,12,14-15,17H,2,4-6,8-11,13H2,1H3/t14-/m0/s1. The Morgan fingerprint density at radius 1 is 1.08 bits per heavy atom. The van der Waals surface area contributed by atoms with Gasteiger partial charge in [-0.3, -0.25) is 4.99 Å². The highest BCUT2D eigenvalue weighted by Crippen LogP contribution is 2.37. The van der Waals surface area contributed by atoms with Crippen LogP contribution in [0.3, 0.4) is 0 Å². The van der Waals surface area contributed by atoms with Gasteiger partial charge in [-0.15, -0.1) is 11.3 Å². The van der Waals surface area contributed by atoms with Crippen LogP contribution in [0.15, 0.2) is 23.2 Å². The minimum atomic E-state index is 0.670. The first-order valence-electron chi connectivity index (χ1n) is 9.94. The number of aromatic nitrogens is 1. The molecule has 132 valence electrons. The monoisotopic (exact) mass is 353 g/mol. The van der Waals surface area contributed by atoms with Gasteiger partial charge >= 0.3 is 0 Å². The summed E-state index contributed by atoms with van der Waals surface area (Å²) in [7, 11) is 0. The summed E-state index contributed by atoms with van der Waals surface area (Å²) in [6.45, 7) is 5.82. The third kappa shape index (κ3) is 3.26. The average Bonchev–Trinajstić information content (AvgIpc) is 3.41. The zero-order chi connectivity index (χ0) is 16.8. The van der Waals surface area contributed by atoms with Gasteiger partial charge in [0, 0.05) is 24.2 Å². The highest BCUT2D eigenvalue weighted by Gasteiger charge is 2.32. The van der Waals surface area contributed by atoms with Gasteiger partial charge in [0.1, 0.15) is 0 Å². The summed E-state index contributed by atoms with van der Waals surface area (Å²) in [5, 5.41) is 1.36. The first-order chi connectivity index (χ1) is 12.3. The zero-order valence-corrected chi connectivity index (χ0v) is 15.9. The third-order valence-electron chi connectivity index (χ3n) is 6.15. The van der Waals surface area contributed by atoms with Crippen LogP contribution < -0.4 is 0 Å². The number of benzene rings is 1. The molecule has 0 bridgehead atoms. The Hall–Kier alpha value is -1.26. The lowest BCUT2D eigenvalue weighted by molar-refractivity contribution is 0.203. The second-order valence-corrected chi connectivity index (χ2v) is 9.27. The highest BCUT2D eigenvalue weighted by molar-refractivity contribution is 7.18. The fourth-order valence-corrected chi connectivity index (χ4v) is 5.42. The third-order valence-corrected chi connectivity index (χ3v) is 7.35. The van der Waals surface area contributed by atoms with E-state index in [-0.39, 0.29) is 0 Å². The molecule has 1 aromatic carbocycles. The van der Waals surface area contributed by atoms with E-state index < -0.39 is 0 Å². The summed E-state index contributed by atoms with van der Waals surface area (Å²) in [6.07, 6.45) is 7.80. The highest BCUT2D eigenvalue weighted by atomic mass is 32.1. The van der Waals surface area contributed by atoms with Gasteiger partial charge in [0.25, 0.3) is 0 Å². The Balaban J connectivity index is 1.35. The van der Waals surface area contributed by atoms with E-state index in [1.54, 1.807) is 0 Å². The maximum Gasteiger partial charge on any atom is 0.0970 e. The molecule has 3 nitrogen and oxygen atoms in total. The van der Waals surface area contributed by atoms with Gasteiger partial charge < -0.3 is 4.90 Å². The first kappa shape index (κ1) is 16.0. The molecule has 0 N–H and O–H groups in total. The Morgan fingerprint density at radius 3 is 2.64 bits per heavy atom. The molecule has 0 unspecified atom stereocenters. The number of nitrogens with zero attached hydrogens (tertiary/aromatic N) is 3. The van der Waals surface area contributed by atoms with E-state index >= 15 is 0 Å². The van der Waals surface area contributed by atoms with Crippen molar-refractivity contribution in [3.8, 4) is 0 Å². The van der Waals surface area contributed by atoms with Crippen molar-refractivity contribution < 1.29 is 0 Å². The average molecular weight is 354 g/mol. The van der Waals surface area contributed by atoms with Crippen LogP contribution in [-0.4, -0.2) is 41.3 Å². The molecule has 1 aromatic heterocycles. The molecule has 1 saturated heterocycles. The van der Waals surface area contributed by atoms with Gasteiger partial charge in [0.05, 0.1) is 15.2 Å². The molecular weight excluding hydrogens is 326 g/mol. The molecule has 2 aromatic rings.